The maximum atomic E-state index is 12.9. The highest BCUT2D eigenvalue weighted by atomic mass is 16.8. The molecule has 0 amide bonds. The van der Waals surface area contributed by atoms with Crippen LogP contribution >= 0.6 is 0 Å². The summed E-state index contributed by atoms with van der Waals surface area (Å²) in [6.07, 6.45) is -0.646. The summed E-state index contributed by atoms with van der Waals surface area (Å²) in [4.78, 5) is 50.5. The minimum absolute atomic E-state index is 0.0665. The summed E-state index contributed by atoms with van der Waals surface area (Å²) in [5, 5.41) is 53.1. The molecular weight excluding hydrogens is 588 g/mol. The van der Waals surface area contributed by atoms with Crippen molar-refractivity contribution in [1.82, 2.24) is 0 Å². The molecule has 2 fully saturated rings. The second kappa shape index (κ2) is 14.2. The van der Waals surface area contributed by atoms with Gasteiger partial charge in [-0.1, -0.05) is 82.2 Å². The largest absolute Gasteiger partial charge is 0.479 e. The van der Waals surface area contributed by atoms with Gasteiger partial charge in [-0.25, -0.2) is 19.2 Å². The van der Waals surface area contributed by atoms with Crippen LogP contribution in [0.25, 0.3) is 0 Å². The van der Waals surface area contributed by atoms with Crippen LogP contribution in [0.1, 0.15) is 65.9 Å². The van der Waals surface area contributed by atoms with Crippen molar-refractivity contribution in [3.8, 4) is 0 Å². The predicted molar refractivity (Wildman–Crippen MR) is 160 cm³/mol. The van der Waals surface area contributed by atoms with E-state index in [1.165, 1.54) is 6.08 Å². The molecular formula is C33H44O12. The molecule has 0 aliphatic carbocycles. The Morgan fingerprint density at radius 1 is 1.02 bits per heavy atom. The number of rotatable bonds is 15. The van der Waals surface area contributed by atoms with Crippen molar-refractivity contribution < 1.29 is 58.9 Å². The quantitative estimate of drug-likeness (QED) is 0.108. The molecule has 2 bridgehead atoms. The number of hydrogen-bond donors (Lipinski definition) is 5. The summed E-state index contributed by atoms with van der Waals surface area (Å²) in [5.41, 5.74) is -5.38. The Morgan fingerprint density at radius 3 is 2.22 bits per heavy atom. The number of ether oxygens (including phenoxy) is 3. The first kappa shape index (κ1) is 35.9. The summed E-state index contributed by atoms with van der Waals surface area (Å²) >= 11 is 0. The lowest BCUT2D eigenvalue weighted by molar-refractivity contribution is -0.374. The Hall–Kier alpha value is -3.58. The van der Waals surface area contributed by atoms with Gasteiger partial charge in [-0.05, 0) is 49.5 Å². The third-order valence-electron chi connectivity index (χ3n) is 8.72. The van der Waals surface area contributed by atoms with Crippen LogP contribution in [0.5, 0.6) is 0 Å². The molecule has 0 spiro atoms. The first-order valence-electron chi connectivity index (χ1n) is 15.1. The van der Waals surface area contributed by atoms with Crippen LogP contribution in [0.4, 0.5) is 0 Å². The molecule has 1 aromatic carbocycles. The fourth-order valence-electron chi connectivity index (χ4n) is 6.22. The van der Waals surface area contributed by atoms with Crippen LogP contribution in [-0.2, 0) is 39.8 Å². The van der Waals surface area contributed by atoms with Crippen molar-refractivity contribution >= 4 is 23.9 Å². The number of esters is 1. The van der Waals surface area contributed by atoms with Crippen LogP contribution in [0.2, 0.25) is 0 Å². The van der Waals surface area contributed by atoms with Gasteiger partial charge < -0.3 is 39.7 Å². The number of benzene rings is 1. The van der Waals surface area contributed by atoms with E-state index in [0.29, 0.717) is 5.92 Å². The first-order chi connectivity index (χ1) is 21.0. The molecule has 2 heterocycles. The molecule has 12 nitrogen and oxygen atoms in total. The van der Waals surface area contributed by atoms with Crippen LogP contribution in [0.3, 0.4) is 0 Å². The average Bonchev–Trinajstić information content (AvgIpc) is 3.19. The van der Waals surface area contributed by atoms with Gasteiger partial charge in [-0.3, -0.25) is 0 Å². The van der Waals surface area contributed by atoms with Crippen molar-refractivity contribution in [3.63, 3.8) is 0 Å². The highest BCUT2D eigenvalue weighted by Gasteiger charge is 2.85. The molecule has 0 radical (unpaired) electrons. The molecule has 2 saturated heterocycles. The second-order valence-corrected chi connectivity index (χ2v) is 12.4. The van der Waals surface area contributed by atoms with Gasteiger partial charge in [0.2, 0.25) is 23.1 Å². The molecule has 1 unspecified atom stereocenters. The Bertz CT molecular complexity index is 1310. The van der Waals surface area contributed by atoms with Crippen LogP contribution in [-0.4, -0.2) is 84.7 Å². The molecule has 1 aromatic rings. The van der Waals surface area contributed by atoms with Crippen molar-refractivity contribution in [2.45, 2.75) is 102 Å². The smallest absolute Gasteiger partial charge is 0.344 e. The number of fused-ring (bicyclic) bond motifs is 2. The van der Waals surface area contributed by atoms with E-state index in [9.17, 15) is 44.7 Å². The minimum atomic E-state index is -3.81. The maximum Gasteiger partial charge on any atom is 0.344 e. The Kier molecular flexibility index (Phi) is 11.4. The summed E-state index contributed by atoms with van der Waals surface area (Å²) in [7, 11) is 0. The predicted octanol–water partition coefficient (Wildman–Crippen LogP) is 3.34. The van der Waals surface area contributed by atoms with Crippen LogP contribution in [0, 0.1) is 17.8 Å². The summed E-state index contributed by atoms with van der Waals surface area (Å²) in [6, 6.07) is 9.74. The van der Waals surface area contributed by atoms with Crippen molar-refractivity contribution in [3.05, 3.63) is 59.7 Å². The number of hydrogen-bond acceptors (Lipinski definition) is 9. The van der Waals surface area contributed by atoms with Gasteiger partial charge in [0.05, 0.1) is 0 Å². The number of allylic oxidation sites excluding steroid dienone is 3. The molecule has 12 heteroatoms. The average molecular weight is 633 g/mol. The third kappa shape index (κ3) is 7.14. The summed E-state index contributed by atoms with van der Waals surface area (Å²) in [6.45, 7) is 9.68. The molecule has 45 heavy (non-hydrogen) atoms. The number of carboxylic acid groups (broad SMARTS) is 3. The van der Waals surface area contributed by atoms with E-state index < -0.39 is 59.2 Å². The van der Waals surface area contributed by atoms with Gasteiger partial charge in [0, 0.05) is 12.5 Å². The standard InChI is InChI=1S/C33H44O12/c1-6-19(2)16-20(3)12-13-24(34)43-26-25(35)31(15-14-21(4)17-22(5)18-23-10-8-7-9-11-23)44-27(28(36)37)32(42,29(38)39)33(26,45-31)30(40)41/h7-13,17,19-20,22,25-27,35,42H,6,14-16,18H2,1-5H3,(H,36,37)(H,38,39)(H,40,41)/b13-12+,21-17+/t19-,20+,22?,25+,26+,27+,31-,32+,33-/m0/s1. The zero-order chi connectivity index (χ0) is 33.7. The Balaban J connectivity index is 1.97. The Morgan fingerprint density at radius 2 is 1.67 bits per heavy atom. The van der Waals surface area contributed by atoms with Gasteiger partial charge in [0.25, 0.3) is 0 Å². The van der Waals surface area contributed by atoms with E-state index in [1.807, 2.05) is 64.1 Å². The number of aliphatic carboxylic acids is 3. The van der Waals surface area contributed by atoms with Crippen molar-refractivity contribution in [2.24, 2.45) is 17.8 Å². The van der Waals surface area contributed by atoms with E-state index >= 15 is 0 Å². The third-order valence-corrected chi connectivity index (χ3v) is 8.72. The minimum Gasteiger partial charge on any atom is -0.479 e. The molecule has 248 valence electrons. The molecule has 9 atom stereocenters. The molecule has 2 aliphatic rings. The van der Waals surface area contributed by atoms with E-state index in [-0.39, 0.29) is 24.7 Å². The molecule has 2 aliphatic heterocycles. The number of carbonyl (C=O) groups excluding carboxylic acids is 1. The van der Waals surface area contributed by atoms with Gasteiger partial charge in [-0.15, -0.1) is 0 Å². The van der Waals surface area contributed by atoms with E-state index in [0.717, 1.165) is 36.5 Å². The van der Waals surface area contributed by atoms with Crippen molar-refractivity contribution in [1.29, 1.82) is 0 Å². The number of carbonyl (C=O) groups is 4. The van der Waals surface area contributed by atoms with Crippen LogP contribution in [0.15, 0.2) is 54.1 Å². The van der Waals surface area contributed by atoms with Gasteiger partial charge in [0.15, 0.2) is 6.10 Å². The number of aliphatic hydroxyl groups is 2. The first-order valence-corrected chi connectivity index (χ1v) is 15.1. The van der Waals surface area contributed by atoms with Gasteiger partial charge in [0.1, 0.15) is 6.10 Å². The van der Waals surface area contributed by atoms with Gasteiger partial charge in [-0.2, -0.15) is 0 Å². The zero-order valence-electron chi connectivity index (χ0n) is 26.2. The topological polar surface area (TPSA) is 197 Å². The zero-order valence-corrected chi connectivity index (χ0v) is 26.2. The molecule has 0 aromatic heterocycles. The molecule has 5 N–H and O–H groups in total. The van der Waals surface area contributed by atoms with E-state index in [4.69, 9.17) is 14.2 Å². The maximum absolute atomic E-state index is 12.9. The van der Waals surface area contributed by atoms with E-state index in [2.05, 4.69) is 0 Å². The lowest BCUT2D eigenvalue weighted by Gasteiger charge is -2.48. The summed E-state index contributed by atoms with van der Waals surface area (Å²) < 4.78 is 16.5. The van der Waals surface area contributed by atoms with Crippen molar-refractivity contribution in [2.75, 3.05) is 0 Å². The lowest BCUT2D eigenvalue weighted by atomic mass is 9.74. The Labute approximate surface area is 262 Å². The number of carboxylic acids is 3. The molecule has 0 saturated carbocycles. The highest BCUT2D eigenvalue weighted by molar-refractivity contribution is 5.98. The van der Waals surface area contributed by atoms with Gasteiger partial charge >= 0.3 is 23.9 Å². The van der Waals surface area contributed by atoms with E-state index in [1.54, 1.807) is 6.92 Å². The molecule has 3 rings (SSSR count). The normalized spacial score (nSPS) is 31.7. The second-order valence-electron chi connectivity index (χ2n) is 12.4. The SMILES string of the molecule is CC[C@H](C)C[C@H](C)/C=C/C(=O)O[C@@H]1[C@@H](O)[C@@]2(CC/C(C)=C/C(C)Cc3ccccc3)O[C@H](C(=O)O)[C@@](O)(C(=O)O)[C@]1(C(=O)O)O2. The van der Waals surface area contributed by atoms with Crippen LogP contribution < -0.4 is 0 Å². The lowest BCUT2D eigenvalue weighted by Crippen LogP contribution is -2.78. The monoisotopic (exact) mass is 632 g/mol. The summed E-state index contributed by atoms with van der Waals surface area (Å²) in [5.74, 6) is -9.74. The number of aliphatic hydroxyl groups excluding tert-OH is 1. The fraction of sp³-hybridized carbons (Fsp3) is 0.576. The fourth-order valence-corrected chi connectivity index (χ4v) is 6.22. The highest BCUT2D eigenvalue weighted by Crippen LogP contribution is 2.55.